The van der Waals surface area contributed by atoms with Crippen LogP contribution in [0, 0.1) is 26.7 Å². The first-order chi connectivity index (χ1) is 11.4. The van der Waals surface area contributed by atoms with E-state index in [2.05, 4.69) is 31.9 Å². The third-order valence-electron chi connectivity index (χ3n) is 4.78. The molecule has 0 aliphatic carbocycles. The fourth-order valence-corrected chi connectivity index (χ4v) is 3.55. The minimum atomic E-state index is -0.0772. The van der Waals surface area contributed by atoms with Gasteiger partial charge in [0.1, 0.15) is 17.5 Å². The van der Waals surface area contributed by atoms with Gasteiger partial charge in [-0.3, -0.25) is 9.69 Å². The van der Waals surface area contributed by atoms with Gasteiger partial charge in [0, 0.05) is 24.8 Å². The summed E-state index contributed by atoms with van der Waals surface area (Å²) in [6.07, 6.45) is 2.34. The van der Waals surface area contributed by atoms with Crippen LogP contribution in [0.3, 0.4) is 0 Å². The van der Waals surface area contributed by atoms with Crippen molar-refractivity contribution in [1.29, 1.82) is 0 Å². The standard InChI is InChI=1S/C17H26N6O/c1-11-8-16(24)20-17(18-11)12(2)22-7-5-6-15(9-22)10-23-14(4)19-13(3)21-23/h8,12,15H,5-7,9-10H2,1-4H3,(H,18,20,24). The quantitative estimate of drug-likeness (QED) is 0.924. The highest BCUT2D eigenvalue weighted by atomic mass is 16.1. The van der Waals surface area contributed by atoms with Gasteiger partial charge in [-0.25, -0.2) is 14.6 Å². The normalized spacial score (nSPS) is 20.2. The molecule has 7 nitrogen and oxygen atoms in total. The molecule has 3 rings (SSSR count). The van der Waals surface area contributed by atoms with E-state index in [9.17, 15) is 4.79 Å². The van der Waals surface area contributed by atoms with Crippen LogP contribution in [-0.2, 0) is 6.54 Å². The van der Waals surface area contributed by atoms with E-state index in [0.29, 0.717) is 5.92 Å². The lowest BCUT2D eigenvalue weighted by molar-refractivity contribution is 0.116. The predicted octanol–water partition coefficient (Wildman–Crippen LogP) is 1.76. The highest BCUT2D eigenvalue weighted by molar-refractivity contribution is 5.03. The maximum atomic E-state index is 11.7. The van der Waals surface area contributed by atoms with Crippen molar-refractivity contribution >= 4 is 0 Å². The maximum Gasteiger partial charge on any atom is 0.251 e. The second-order valence-corrected chi connectivity index (χ2v) is 6.84. The van der Waals surface area contributed by atoms with Crippen LogP contribution in [0.5, 0.6) is 0 Å². The van der Waals surface area contributed by atoms with Crippen molar-refractivity contribution < 1.29 is 0 Å². The summed E-state index contributed by atoms with van der Waals surface area (Å²) in [5, 5.41) is 4.48. The molecule has 1 N–H and O–H groups in total. The summed E-state index contributed by atoms with van der Waals surface area (Å²) in [5.41, 5.74) is 0.689. The first-order valence-electron chi connectivity index (χ1n) is 8.62. The SMILES string of the molecule is Cc1cc(=O)[nH]c(C(C)N2CCCC(Cn3nc(C)nc3C)C2)n1. The van der Waals surface area contributed by atoms with Crippen molar-refractivity contribution in [3.05, 3.63) is 39.6 Å². The van der Waals surface area contributed by atoms with Crippen LogP contribution in [-0.4, -0.2) is 42.7 Å². The monoisotopic (exact) mass is 330 g/mol. The highest BCUT2D eigenvalue weighted by Gasteiger charge is 2.26. The Kier molecular flexibility index (Phi) is 4.80. The first-order valence-corrected chi connectivity index (χ1v) is 8.62. The van der Waals surface area contributed by atoms with E-state index in [1.165, 1.54) is 12.5 Å². The van der Waals surface area contributed by atoms with E-state index >= 15 is 0 Å². The molecule has 0 spiro atoms. The molecule has 2 aromatic rings. The van der Waals surface area contributed by atoms with E-state index in [-0.39, 0.29) is 11.6 Å². The molecular weight excluding hydrogens is 304 g/mol. The number of nitrogens with one attached hydrogen (secondary N) is 1. The Labute approximate surface area is 142 Å². The van der Waals surface area contributed by atoms with Crippen LogP contribution in [0.25, 0.3) is 0 Å². The number of aryl methyl sites for hydroxylation is 3. The van der Waals surface area contributed by atoms with Crippen LogP contribution >= 0.6 is 0 Å². The molecule has 2 atom stereocenters. The number of aromatic nitrogens is 5. The number of rotatable bonds is 4. The molecule has 3 heterocycles. The lowest BCUT2D eigenvalue weighted by Gasteiger charge is -2.36. The van der Waals surface area contributed by atoms with Crippen molar-refractivity contribution in [2.24, 2.45) is 5.92 Å². The maximum absolute atomic E-state index is 11.7. The largest absolute Gasteiger partial charge is 0.309 e. The number of H-pyrrole nitrogens is 1. The average molecular weight is 330 g/mol. The molecule has 7 heteroatoms. The minimum absolute atomic E-state index is 0.0772. The molecule has 1 aliphatic rings. The highest BCUT2D eigenvalue weighted by Crippen LogP contribution is 2.25. The fraction of sp³-hybridized carbons (Fsp3) is 0.647. The third-order valence-corrected chi connectivity index (χ3v) is 4.78. The van der Waals surface area contributed by atoms with Crippen molar-refractivity contribution in [2.75, 3.05) is 13.1 Å². The van der Waals surface area contributed by atoms with Gasteiger partial charge in [-0.15, -0.1) is 0 Å². The number of aromatic amines is 1. The van der Waals surface area contributed by atoms with Gasteiger partial charge in [-0.05, 0) is 53.0 Å². The Bertz CT molecular complexity index is 765. The number of piperidine rings is 1. The van der Waals surface area contributed by atoms with E-state index in [4.69, 9.17) is 0 Å². The zero-order valence-corrected chi connectivity index (χ0v) is 14.9. The summed E-state index contributed by atoms with van der Waals surface area (Å²) in [5.74, 6) is 3.10. The zero-order chi connectivity index (χ0) is 17.3. The molecule has 0 amide bonds. The molecule has 0 bridgehead atoms. The molecule has 24 heavy (non-hydrogen) atoms. The molecule has 0 saturated carbocycles. The minimum Gasteiger partial charge on any atom is -0.309 e. The number of hydrogen-bond acceptors (Lipinski definition) is 5. The molecule has 0 radical (unpaired) electrons. The number of nitrogens with zero attached hydrogens (tertiary/aromatic N) is 5. The Morgan fingerprint density at radius 3 is 2.79 bits per heavy atom. The molecule has 2 aromatic heterocycles. The molecule has 0 aromatic carbocycles. The van der Waals surface area contributed by atoms with E-state index < -0.39 is 0 Å². The van der Waals surface area contributed by atoms with Gasteiger partial charge in [0.15, 0.2) is 0 Å². The molecule has 1 saturated heterocycles. The smallest absolute Gasteiger partial charge is 0.251 e. The second kappa shape index (κ2) is 6.84. The summed E-state index contributed by atoms with van der Waals surface area (Å²) in [6, 6.07) is 1.64. The zero-order valence-electron chi connectivity index (χ0n) is 14.9. The van der Waals surface area contributed by atoms with E-state index in [0.717, 1.165) is 49.2 Å². The van der Waals surface area contributed by atoms with Crippen LogP contribution in [0.2, 0.25) is 0 Å². The van der Waals surface area contributed by atoms with Crippen LogP contribution < -0.4 is 5.56 Å². The molecule has 1 aliphatic heterocycles. The predicted molar refractivity (Wildman–Crippen MR) is 91.8 cm³/mol. The van der Waals surface area contributed by atoms with Crippen molar-refractivity contribution in [3.8, 4) is 0 Å². The van der Waals surface area contributed by atoms with Crippen LogP contribution in [0.15, 0.2) is 10.9 Å². The Hall–Kier alpha value is -2.02. The molecule has 130 valence electrons. The van der Waals surface area contributed by atoms with Crippen LogP contribution in [0.4, 0.5) is 0 Å². The Balaban J connectivity index is 1.70. The summed E-state index contributed by atoms with van der Waals surface area (Å²) in [6.45, 7) is 10.8. The third kappa shape index (κ3) is 3.72. The van der Waals surface area contributed by atoms with E-state index in [1.807, 2.05) is 25.5 Å². The van der Waals surface area contributed by atoms with Gasteiger partial charge in [0.2, 0.25) is 0 Å². The van der Waals surface area contributed by atoms with Crippen LogP contribution in [0.1, 0.15) is 49.0 Å². The van der Waals surface area contributed by atoms with E-state index in [1.54, 1.807) is 0 Å². The fourth-order valence-electron chi connectivity index (χ4n) is 3.55. The van der Waals surface area contributed by atoms with Gasteiger partial charge in [0.05, 0.1) is 6.04 Å². The summed E-state index contributed by atoms with van der Waals surface area (Å²) in [4.78, 5) is 25.9. The molecule has 1 fully saturated rings. The van der Waals surface area contributed by atoms with Gasteiger partial charge < -0.3 is 4.98 Å². The first kappa shape index (κ1) is 16.8. The second-order valence-electron chi connectivity index (χ2n) is 6.84. The summed E-state index contributed by atoms with van der Waals surface area (Å²) < 4.78 is 2.01. The number of likely N-dealkylation sites (tertiary alicyclic amines) is 1. The van der Waals surface area contributed by atoms with Gasteiger partial charge >= 0.3 is 0 Å². The molecule has 2 unspecified atom stereocenters. The molecular formula is C17H26N6O. The van der Waals surface area contributed by atoms with Gasteiger partial charge in [-0.1, -0.05) is 0 Å². The topological polar surface area (TPSA) is 79.7 Å². The van der Waals surface area contributed by atoms with Crippen molar-refractivity contribution in [2.45, 2.75) is 53.1 Å². The van der Waals surface area contributed by atoms with Gasteiger partial charge in [0.25, 0.3) is 5.56 Å². The van der Waals surface area contributed by atoms with Gasteiger partial charge in [-0.2, -0.15) is 5.10 Å². The number of hydrogen-bond donors (Lipinski definition) is 1. The lowest BCUT2D eigenvalue weighted by atomic mass is 9.96. The Morgan fingerprint density at radius 2 is 2.12 bits per heavy atom. The van der Waals surface area contributed by atoms with Crippen molar-refractivity contribution in [1.82, 2.24) is 29.6 Å². The average Bonchev–Trinajstić information content (AvgIpc) is 2.83. The lowest BCUT2D eigenvalue weighted by Crippen LogP contribution is -2.39. The summed E-state index contributed by atoms with van der Waals surface area (Å²) >= 11 is 0. The summed E-state index contributed by atoms with van der Waals surface area (Å²) in [7, 11) is 0. The Morgan fingerprint density at radius 1 is 1.33 bits per heavy atom. The van der Waals surface area contributed by atoms with Crippen molar-refractivity contribution in [3.63, 3.8) is 0 Å².